The van der Waals surface area contributed by atoms with Crippen LogP contribution in [0.15, 0.2) is 42.5 Å². The fourth-order valence-corrected chi connectivity index (χ4v) is 2.39. The van der Waals surface area contributed by atoms with Gasteiger partial charge in [-0.05, 0) is 42.5 Å². The number of anilines is 2. The standard InChI is InChI=1S/C18H15Cl3N2O4/c19-11-1-3-12(4-2-11)22-16(24)7-8-18(26)27-10-17(25)23-13-5-6-14(20)15(21)9-13/h1-6,9H,7-8,10H2,(H,22,24)(H,23,25). The van der Waals surface area contributed by atoms with E-state index in [2.05, 4.69) is 10.6 Å². The number of amides is 2. The van der Waals surface area contributed by atoms with Crippen molar-refractivity contribution >= 4 is 64.0 Å². The molecular formula is C18H15Cl3N2O4. The molecule has 142 valence electrons. The molecule has 27 heavy (non-hydrogen) atoms. The second-order valence-corrected chi connectivity index (χ2v) is 6.64. The lowest BCUT2D eigenvalue weighted by Crippen LogP contribution is -2.21. The lowest BCUT2D eigenvalue weighted by Gasteiger charge is -2.08. The minimum absolute atomic E-state index is 0.0735. The number of hydrogen-bond donors (Lipinski definition) is 2. The van der Waals surface area contributed by atoms with Gasteiger partial charge in [-0.15, -0.1) is 0 Å². The minimum atomic E-state index is -0.662. The van der Waals surface area contributed by atoms with Crippen LogP contribution in [0.5, 0.6) is 0 Å². The van der Waals surface area contributed by atoms with E-state index in [0.29, 0.717) is 21.4 Å². The number of carbonyl (C=O) groups excluding carboxylic acids is 3. The van der Waals surface area contributed by atoms with Gasteiger partial charge in [0.15, 0.2) is 6.61 Å². The van der Waals surface area contributed by atoms with Gasteiger partial charge in [-0.1, -0.05) is 34.8 Å². The molecule has 2 amide bonds. The lowest BCUT2D eigenvalue weighted by atomic mass is 10.2. The van der Waals surface area contributed by atoms with Gasteiger partial charge in [-0.25, -0.2) is 0 Å². The first-order valence-corrected chi connectivity index (χ1v) is 8.93. The van der Waals surface area contributed by atoms with Crippen molar-refractivity contribution < 1.29 is 19.1 Å². The number of nitrogens with one attached hydrogen (secondary N) is 2. The normalized spacial score (nSPS) is 10.2. The summed E-state index contributed by atoms with van der Waals surface area (Å²) < 4.78 is 4.84. The Bertz CT molecular complexity index is 841. The number of esters is 1. The molecule has 0 saturated heterocycles. The van der Waals surface area contributed by atoms with Crippen LogP contribution in [0.25, 0.3) is 0 Å². The highest BCUT2D eigenvalue weighted by molar-refractivity contribution is 6.42. The molecule has 2 aromatic rings. The summed E-state index contributed by atoms with van der Waals surface area (Å²) in [6, 6.07) is 11.1. The fraction of sp³-hybridized carbons (Fsp3) is 0.167. The summed E-state index contributed by atoms with van der Waals surface area (Å²) in [6.07, 6.45) is -0.227. The van der Waals surface area contributed by atoms with Crippen LogP contribution in [0.3, 0.4) is 0 Å². The monoisotopic (exact) mass is 428 g/mol. The van der Waals surface area contributed by atoms with E-state index < -0.39 is 18.5 Å². The smallest absolute Gasteiger partial charge is 0.306 e. The topological polar surface area (TPSA) is 84.5 Å². The van der Waals surface area contributed by atoms with Crippen molar-refractivity contribution in [1.29, 1.82) is 0 Å². The summed E-state index contributed by atoms with van der Waals surface area (Å²) in [5.41, 5.74) is 0.992. The fourth-order valence-electron chi connectivity index (χ4n) is 1.96. The summed E-state index contributed by atoms with van der Waals surface area (Å²) >= 11 is 17.4. The van der Waals surface area contributed by atoms with Gasteiger partial charge < -0.3 is 15.4 Å². The second kappa shape index (κ2) is 10.2. The van der Waals surface area contributed by atoms with Crippen LogP contribution in [-0.2, 0) is 19.1 Å². The zero-order chi connectivity index (χ0) is 19.8. The third-order valence-electron chi connectivity index (χ3n) is 3.25. The third-order valence-corrected chi connectivity index (χ3v) is 4.24. The Labute approximate surface area is 170 Å². The minimum Gasteiger partial charge on any atom is -0.456 e. The van der Waals surface area contributed by atoms with Crippen LogP contribution < -0.4 is 10.6 Å². The van der Waals surface area contributed by atoms with Crippen molar-refractivity contribution in [3.63, 3.8) is 0 Å². The highest BCUT2D eigenvalue weighted by Crippen LogP contribution is 2.24. The molecule has 0 aliphatic carbocycles. The SMILES string of the molecule is O=C(CCC(=O)OCC(=O)Nc1ccc(Cl)c(Cl)c1)Nc1ccc(Cl)cc1. The zero-order valence-corrected chi connectivity index (χ0v) is 16.2. The number of rotatable bonds is 7. The molecule has 0 aromatic heterocycles. The highest BCUT2D eigenvalue weighted by Gasteiger charge is 2.11. The van der Waals surface area contributed by atoms with Crippen molar-refractivity contribution in [3.05, 3.63) is 57.5 Å². The van der Waals surface area contributed by atoms with E-state index >= 15 is 0 Å². The first-order valence-electron chi connectivity index (χ1n) is 7.79. The molecule has 9 heteroatoms. The van der Waals surface area contributed by atoms with Crippen LogP contribution in [0.2, 0.25) is 15.1 Å². The van der Waals surface area contributed by atoms with Crippen LogP contribution in [-0.4, -0.2) is 24.4 Å². The van der Waals surface area contributed by atoms with Gasteiger partial charge in [-0.2, -0.15) is 0 Å². The van der Waals surface area contributed by atoms with Crippen LogP contribution >= 0.6 is 34.8 Å². The number of halogens is 3. The molecule has 0 aliphatic heterocycles. The summed E-state index contributed by atoms with van der Waals surface area (Å²) in [6.45, 7) is -0.474. The molecule has 6 nitrogen and oxygen atoms in total. The largest absolute Gasteiger partial charge is 0.456 e. The van der Waals surface area contributed by atoms with E-state index in [0.717, 1.165) is 0 Å². The van der Waals surface area contributed by atoms with Gasteiger partial charge in [0, 0.05) is 22.8 Å². The summed E-state index contributed by atoms with van der Waals surface area (Å²) in [7, 11) is 0. The molecule has 0 aliphatic rings. The molecule has 2 rings (SSSR count). The lowest BCUT2D eigenvalue weighted by molar-refractivity contribution is -0.147. The molecular weight excluding hydrogens is 415 g/mol. The Balaban J connectivity index is 1.69. The van der Waals surface area contributed by atoms with Crippen molar-refractivity contribution in [2.75, 3.05) is 17.2 Å². The molecule has 0 saturated carbocycles. The van der Waals surface area contributed by atoms with Crippen LogP contribution in [0, 0.1) is 0 Å². The van der Waals surface area contributed by atoms with E-state index in [1.807, 2.05) is 0 Å². The van der Waals surface area contributed by atoms with Gasteiger partial charge in [0.2, 0.25) is 5.91 Å². The maximum absolute atomic E-state index is 11.8. The van der Waals surface area contributed by atoms with E-state index in [-0.39, 0.29) is 23.8 Å². The average Bonchev–Trinajstić information content (AvgIpc) is 2.63. The van der Waals surface area contributed by atoms with E-state index in [9.17, 15) is 14.4 Å². The first-order chi connectivity index (χ1) is 12.8. The number of carbonyl (C=O) groups is 3. The Morgan fingerprint density at radius 2 is 1.41 bits per heavy atom. The predicted molar refractivity (Wildman–Crippen MR) is 105 cm³/mol. The Hall–Kier alpha value is -2.28. The van der Waals surface area contributed by atoms with E-state index in [4.69, 9.17) is 39.5 Å². The van der Waals surface area contributed by atoms with Gasteiger partial charge in [0.1, 0.15) is 0 Å². The molecule has 0 bridgehead atoms. The summed E-state index contributed by atoms with van der Waals surface area (Å²) in [5, 5.41) is 6.34. The van der Waals surface area contributed by atoms with E-state index in [1.165, 1.54) is 12.1 Å². The molecule has 0 spiro atoms. The zero-order valence-electron chi connectivity index (χ0n) is 13.9. The Morgan fingerprint density at radius 1 is 0.778 bits per heavy atom. The van der Waals surface area contributed by atoms with Gasteiger partial charge in [0.05, 0.1) is 16.5 Å². The van der Waals surface area contributed by atoms with Crippen molar-refractivity contribution in [1.82, 2.24) is 0 Å². The first kappa shape index (κ1) is 21.0. The summed E-state index contributed by atoms with van der Waals surface area (Å²) in [5.74, 6) is -1.55. The third kappa shape index (κ3) is 7.46. The van der Waals surface area contributed by atoms with Crippen molar-refractivity contribution in [2.45, 2.75) is 12.8 Å². The maximum atomic E-state index is 11.8. The van der Waals surface area contributed by atoms with Crippen LogP contribution in [0.1, 0.15) is 12.8 Å². The second-order valence-electron chi connectivity index (χ2n) is 5.39. The Morgan fingerprint density at radius 3 is 2.07 bits per heavy atom. The molecule has 0 heterocycles. The number of ether oxygens (including phenoxy) is 1. The molecule has 0 radical (unpaired) electrons. The number of hydrogen-bond acceptors (Lipinski definition) is 4. The van der Waals surface area contributed by atoms with Gasteiger partial charge >= 0.3 is 5.97 Å². The quantitative estimate of drug-likeness (QED) is 0.633. The van der Waals surface area contributed by atoms with Crippen molar-refractivity contribution in [3.8, 4) is 0 Å². The number of benzene rings is 2. The van der Waals surface area contributed by atoms with Gasteiger partial charge in [0.25, 0.3) is 5.91 Å². The average molecular weight is 430 g/mol. The van der Waals surface area contributed by atoms with Gasteiger partial charge in [-0.3, -0.25) is 14.4 Å². The summed E-state index contributed by atoms with van der Waals surface area (Å²) in [4.78, 5) is 35.2. The maximum Gasteiger partial charge on any atom is 0.306 e. The van der Waals surface area contributed by atoms with Crippen LogP contribution in [0.4, 0.5) is 11.4 Å². The molecule has 0 fully saturated rings. The Kier molecular flexibility index (Phi) is 7.91. The molecule has 2 aromatic carbocycles. The molecule has 0 unspecified atom stereocenters. The van der Waals surface area contributed by atoms with Crippen molar-refractivity contribution in [2.24, 2.45) is 0 Å². The van der Waals surface area contributed by atoms with E-state index in [1.54, 1.807) is 30.3 Å². The molecule has 0 atom stereocenters. The predicted octanol–water partition coefficient (Wildman–Crippen LogP) is 4.55. The highest BCUT2D eigenvalue weighted by atomic mass is 35.5. The molecule has 2 N–H and O–H groups in total.